The second-order valence-electron chi connectivity index (χ2n) is 15.4. The summed E-state index contributed by atoms with van der Waals surface area (Å²) >= 11 is 0. The van der Waals surface area contributed by atoms with Crippen molar-refractivity contribution in [2.75, 3.05) is 27.3 Å². The van der Waals surface area contributed by atoms with Crippen LogP contribution in [0.5, 0.6) is 0 Å². The van der Waals surface area contributed by atoms with Crippen molar-refractivity contribution in [3.05, 3.63) is 96.9 Å². The molecule has 7 rings (SSSR count). The minimum Gasteiger partial charge on any atom is -0.453 e. The first kappa shape index (κ1) is 39.8. The summed E-state index contributed by atoms with van der Waals surface area (Å²) in [7, 11) is 2.55. The third-order valence-electron chi connectivity index (χ3n) is 11.2. The number of carbonyl (C=O) groups excluding carboxylic acids is 4. The Balaban J connectivity index is 1.03. The van der Waals surface area contributed by atoms with Crippen LogP contribution in [-0.2, 0) is 19.1 Å². The summed E-state index contributed by atoms with van der Waals surface area (Å²) in [5.41, 5.74) is 6.35. The molecular weight excluding hydrogens is 737 g/mol. The van der Waals surface area contributed by atoms with Gasteiger partial charge in [-0.05, 0) is 83.7 Å². The molecule has 0 saturated carbocycles. The molecule has 0 spiro atoms. The van der Waals surface area contributed by atoms with Gasteiger partial charge in [-0.2, -0.15) is 0 Å². The summed E-state index contributed by atoms with van der Waals surface area (Å²) in [5, 5.41) is 7.48. The molecule has 2 saturated heterocycles. The topological polar surface area (TPSA) is 175 Å². The number of fused-ring (bicyclic) bond motifs is 1. The highest BCUT2D eigenvalue weighted by molar-refractivity contribution is 5.91. The van der Waals surface area contributed by atoms with Crippen LogP contribution < -0.4 is 10.6 Å². The van der Waals surface area contributed by atoms with Gasteiger partial charge in [0.2, 0.25) is 11.8 Å². The molecule has 0 bridgehead atoms. The van der Waals surface area contributed by atoms with E-state index < -0.39 is 24.3 Å². The first-order chi connectivity index (χ1) is 27.9. The first-order valence-corrected chi connectivity index (χ1v) is 19.7. The van der Waals surface area contributed by atoms with E-state index in [2.05, 4.69) is 92.8 Å². The maximum atomic E-state index is 13.6. The van der Waals surface area contributed by atoms with E-state index in [1.165, 1.54) is 14.2 Å². The fraction of sp³-hybridized carbons (Fsp3) is 0.364. The molecule has 14 heteroatoms. The average molecular weight is 787 g/mol. The number of nitrogens with one attached hydrogen (secondary N) is 4. The number of alkyl carbamates (subject to hydrolysis) is 2. The van der Waals surface area contributed by atoms with Crippen molar-refractivity contribution in [3.63, 3.8) is 0 Å². The van der Waals surface area contributed by atoms with E-state index in [0.29, 0.717) is 24.5 Å². The smallest absolute Gasteiger partial charge is 0.407 e. The Morgan fingerprint density at radius 3 is 1.74 bits per heavy atom. The van der Waals surface area contributed by atoms with Gasteiger partial charge in [0.1, 0.15) is 23.7 Å². The second kappa shape index (κ2) is 17.0. The van der Waals surface area contributed by atoms with Gasteiger partial charge < -0.3 is 39.9 Å². The number of hydrogen-bond acceptors (Lipinski definition) is 8. The molecule has 2 fully saturated rings. The molecule has 0 unspecified atom stereocenters. The minimum atomic E-state index is -0.881. The summed E-state index contributed by atoms with van der Waals surface area (Å²) in [6.45, 7) is 10.6. The molecule has 4 N–H and O–H groups in total. The van der Waals surface area contributed by atoms with Crippen molar-refractivity contribution in [2.45, 2.75) is 70.6 Å². The van der Waals surface area contributed by atoms with E-state index in [4.69, 9.17) is 14.5 Å². The molecule has 302 valence electrons. The number of carbonyl (C=O) groups is 4. The van der Waals surface area contributed by atoms with E-state index >= 15 is 0 Å². The molecular formula is C44H50N8O6. The molecule has 2 aromatic heterocycles. The van der Waals surface area contributed by atoms with E-state index in [0.717, 1.165) is 75.9 Å². The highest BCUT2D eigenvalue weighted by Crippen LogP contribution is 2.35. The zero-order valence-electron chi connectivity index (χ0n) is 33.5. The summed E-state index contributed by atoms with van der Waals surface area (Å²) in [6.07, 6.45) is 5.50. The fourth-order valence-corrected chi connectivity index (χ4v) is 7.99. The number of imidazole rings is 2. The van der Waals surface area contributed by atoms with Crippen LogP contribution in [0.2, 0.25) is 0 Å². The van der Waals surface area contributed by atoms with Crippen molar-refractivity contribution >= 4 is 34.8 Å². The van der Waals surface area contributed by atoms with Crippen LogP contribution >= 0.6 is 0 Å². The maximum Gasteiger partial charge on any atom is 0.407 e. The summed E-state index contributed by atoms with van der Waals surface area (Å²) < 4.78 is 9.48. The molecule has 14 nitrogen and oxygen atoms in total. The minimum absolute atomic E-state index is 0.107. The number of hydrogen-bond donors (Lipinski definition) is 4. The Morgan fingerprint density at radius 2 is 1.19 bits per heavy atom. The van der Waals surface area contributed by atoms with Crippen LogP contribution in [0.4, 0.5) is 9.59 Å². The molecule has 0 aliphatic carbocycles. The van der Waals surface area contributed by atoms with Crippen LogP contribution in [0.1, 0.15) is 70.2 Å². The maximum absolute atomic E-state index is 13.6. The molecule has 4 atom stereocenters. The Labute approximate surface area is 337 Å². The van der Waals surface area contributed by atoms with Gasteiger partial charge in [-0.1, -0.05) is 69.0 Å². The molecule has 3 aromatic carbocycles. The first-order valence-electron chi connectivity index (χ1n) is 19.7. The largest absolute Gasteiger partial charge is 0.453 e. The number of rotatable bonds is 11. The third kappa shape index (κ3) is 8.18. The normalized spacial score (nSPS) is 17.6. The number of ether oxygens (including phenoxy) is 2. The number of nitrogens with zero attached hydrogens (tertiary/aromatic N) is 4. The lowest BCUT2D eigenvalue weighted by atomic mass is 9.98. The predicted octanol–water partition coefficient (Wildman–Crippen LogP) is 7.30. The van der Waals surface area contributed by atoms with Crippen LogP contribution in [-0.4, -0.2) is 93.1 Å². The SMILES string of the molecule is C=C(C)[C@H](NC(=O)OC)C(=O)N1CCC[C@H]1c1ncc(-c2ccc(-c3ccc4cc(-c5cnc([C@@H]6CCCN6C(=O)[C@@H](NC(=O)OC)C(C)C)[nH]5)ccc4c3)cc2)[nH]1. The molecule has 2 aliphatic rings. The van der Waals surface area contributed by atoms with Crippen molar-refractivity contribution in [2.24, 2.45) is 5.92 Å². The molecule has 2 aliphatic heterocycles. The number of amides is 4. The lowest BCUT2D eigenvalue weighted by Gasteiger charge is -2.30. The lowest BCUT2D eigenvalue weighted by Crippen LogP contribution is -2.51. The predicted molar refractivity (Wildman–Crippen MR) is 220 cm³/mol. The number of benzene rings is 3. The third-order valence-corrected chi connectivity index (χ3v) is 11.2. The van der Waals surface area contributed by atoms with Gasteiger partial charge in [0.25, 0.3) is 0 Å². The molecule has 5 aromatic rings. The van der Waals surface area contributed by atoms with Crippen LogP contribution in [0.15, 0.2) is 85.2 Å². The Hall–Kier alpha value is -6.44. The molecule has 0 radical (unpaired) electrons. The standard InChI is InChI=1S/C44H50N8O6/c1-25(2)37(49-43(55)57-5)41(53)51-19-7-9-35(51)39-45-23-33(47-39)28-13-11-27(12-14-28)29-15-16-31-22-32(18-17-30(31)21-29)34-24-46-40(48-34)36-10-8-20-52(36)42(54)38(26(3)4)50-44(56)58-6/h11-18,21-24,26,35-38H,1,7-10,19-20H2,2-6H3,(H,45,47)(H,46,48)(H,49,55)(H,50,56)/t35-,36-,37-,38-/m0/s1. The second-order valence-corrected chi connectivity index (χ2v) is 15.4. The highest BCUT2D eigenvalue weighted by atomic mass is 16.5. The average Bonchev–Trinajstić information content (AvgIpc) is 4.07. The lowest BCUT2D eigenvalue weighted by molar-refractivity contribution is -0.135. The van der Waals surface area contributed by atoms with Crippen LogP contribution in [0.3, 0.4) is 0 Å². The van der Waals surface area contributed by atoms with Gasteiger partial charge in [-0.25, -0.2) is 19.6 Å². The van der Waals surface area contributed by atoms with E-state index in [1.54, 1.807) is 18.0 Å². The van der Waals surface area contributed by atoms with Gasteiger partial charge in [0.15, 0.2) is 0 Å². The zero-order valence-corrected chi connectivity index (χ0v) is 33.5. The number of H-pyrrole nitrogens is 2. The Kier molecular flexibility index (Phi) is 11.6. The Bertz CT molecular complexity index is 2330. The zero-order chi connectivity index (χ0) is 41.1. The summed E-state index contributed by atoms with van der Waals surface area (Å²) in [6, 6.07) is 19.0. The molecule has 58 heavy (non-hydrogen) atoms. The number of methoxy groups -OCH3 is 2. The van der Waals surface area contributed by atoms with Crippen LogP contribution in [0.25, 0.3) is 44.4 Å². The van der Waals surface area contributed by atoms with E-state index in [-0.39, 0.29) is 29.8 Å². The van der Waals surface area contributed by atoms with E-state index in [9.17, 15) is 19.2 Å². The van der Waals surface area contributed by atoms with Crippen molar-refractivity contribution < 1.29 is 28.7 Å². The number of aromatic nitrogens is 4. The number of likely N-dealkylation sites (tertiary alicyclic amines) is 2. The van der Waals surface area contributed by atoms with Gasteiger partial charge in [-0.15, -0.1) is 0 Å². The fourth-order valence-electron chi connectivity index (χ4n) is 7.99. The van der Waals surface area contributed by atoms with Gasteiger partial charge in [-0.3, -0.25) is 9.59 Å². The van der Waals surface area contributed by atoms with Gasteiger partial charge >= 0.3 is 12.2 Å². The van der Waals surface area contributed by atoms with Gasteiger partial charge in [0.05, 0.1) is 50.1 Å². The molecule has 4 heterocycles. The number of aromatic amines is 2. The van der Waals surface area contributed by atoms with Crippen molar-refractivity contribution in [3.8, 4) is 33.6 Å². The Morgan fingerprint density at radius 1 is 0.707 bits per heavy atom. The molecule has 4 amide bonds. The summed E-state index contributed by atoms with van der Waals surface area (Å²) in [4.78, 5) is 70.8. The highest BCUT2D eigenvalue weighted by Gasteiger charge is 2.38. The van der Waals surface area contributed by atoms with Crippen LogP contribution in [0, 0.1) is 5.92 Å². The van der Waals surface area contributed by atoms with Crippen molar-refractivity contribution in [1.29, 1.82) is 0 Å². The monoisotopic (exact) mass is 786 g/mol. The summed E-state index contributed by atoms with van der Waals surface area (Å²) in [5.74, 6) is 0.940. The van der Waals surface area contributed by atoms with Gasteiger partial charge in [0, 0.05) is 18.7 Å². The van der Waals surface area contributed by atoms with E-state index in [1.807, 2.05) is 24.9 Å². The van der Waals surface area contributed by atoms with Crippen molar-refractivity contribution in [1.82, 2.24) is 40.4 Å². The quantitative estimate of drug-likeness (QED) is 0.101.